The highest BCUT2D eigenvalue weighted by Gasteiger charge is 2.31. The van der Waals surface area contributed by atoms with Crippen molar-refractivity contribution in [3.63, 3.8) is 0 Å². The molecule has 182 valence electrons. The highest BCUT2D eigenvalue weighted by atomic mass is 19.4. The van der Waals surface area contributed by atoms with Gasteiger partial charge >= 0.3 is 12.1 Å². The average molecular weight is 476 g/mol. The number of nitrogens with one attached hydrogen (secondary N) is 2. The van der Waals surface area contributed by atoms with Gasteiger partial charge in [0.2, 0.25) is 0 Å². The third-order valence-electron chi connectivity index (χ3n) is 4.97. The summed E-state index contributed by atoms with van der Waals surface area (Å²) >= 11 is 0. The maximum absolute atomic E-state index is 12.8. The Labute approximate surface area is 196 Å². The Hall–Kier alpha value is -3.75. The van der Waals surface area contributed by atoms with Gasteiger partial charge in [-0.15, -0.1) is 0 Å². The van der Waals surface area contributed by atoms with E-state index in [9.17, 15) is 22.8 Å². The van der Waals surface area contributed by atoms with Crippen molar-refractivity contribution >= 4 is 17.6 Å². The van der Waals surface area contributed by atoms with Crippen LogP contribution in [0.4, 0.5) is 13.2 Å². The van der Waals surface area contributed by atoms with E-state index in [1.807, 2.05) is 19.1 Å². The minimum Gasteiger partial charge on any atom is -0.481 e. The summed E-state index contributed by atoms with van der Waals surface area (Å²) in [5.41, 5.74) is 1.50. The molecule has 1 unspecified atom stereocenters. The normalized spacial score (nSPS) is 12.4. The Balaban J connectivity index is 2.00. The van der Waals surface area contributed by atoms with Gasteiger partial charge < -0.3 is 20.3 Å². The Morgan fingerprint density at radius 1 is 1.15 bits per heavy atom. The van der Waals surface area contributed by atoms with Crippen molar-refractivity contribution in [1.82, 2.24) is 15.2 Å². The number of aliphatic carboxylic acids is 1. The van der Waals surface area contributed by atoms with Crippen LogP contribution in [0, 0.1) is 0 Å². The van der Waals surface area contributed by atoms with Crippen LogP contribution < -0.4 is 10.6 Å². The maximum Gasteiger partial charge on any atom is 0.417 e. The molecule has 1 amide bonds. The zero-order valence-corrected chi connectivity index (χ0v) is 18.9. The van der Waals surface area contributed by atoms with Crippen LogP contribution in [0.3, 0.4) is 0 Å². The van der Waals surface area contributed by atoms with Crippen molar-refractivity contribution in [3.05, 3.63) is 90.4 Å². The molecule has 0 aliphatic carbocycles. The number of hydrogen-bond acceptors (Lipinski definition) is 3. The molecule has 1 heterocycles. The summed E-state index contributed by atoms with van der Waals surface area (Å²) in [5.74, 6) is -1.33. The molecule has 0 aliphatic heterocycles. The van der Waals surface area contributed by atoms with Gasteiger partial charge in [-0.25, -0.2) is 0 Å². The average Bonchev–Trinajstić information content (AvgIpc) is 3.28. The van der Waals surface area contributed by atoms with Gasteiger partial charge in [0.05, 0.1) is 18.0 Å². The number of carboxylic acid groups (broad SMARTS) is 1. The Morgan fingerprint density at radius 3 is 2.38 bits per heavy atom. The highest BCUT2D eigenvalue weighted by molar-refractivity contribution is 5.94. The second-order valence-electron chi connectivity index (χ2n) is 7.66. The largest absolute Gasteiger partial charge is 0.481 e. The molecular weight excluding hydrogens is 447 g/mol. The van der Waals surface area contributed by atoms with E-state index in [0.717, 1.165) is 30.7 Å². The maximum atomic E-state index is 12.8. The predicted octanol–water partition coefficient (Wildman–Crippen LogP) is 5.38. The zero-order valence-electron chi connectivity index (χ0n) is 18.9. The lowest BCUT2D eigenvalue weighted by atomic mass is 10.00. The second kappa shape index (κ2) is 11.9. The zero-order chi connectivity index (χ0) is 25.3. The van der Waals surface area contributed by atoms with Crippen molar-refractivity contribution in [2.45, 2.75) is 38.4 Å². The van der Waals surface area contributed by atoms with Gasteiger partial charge in [0, 0.05) is 35.9 Å². The number of aromatic nitrogens is 1. The third kappa shape index (κ3) is 7.99. The molecule has 1 aromatic heterocycles. The van der Waals surface area contributed by atoms with E-state index < -0.39 is 17.7 Å². The van der Waals surface area contributed by atoms with Crippen molar-refractivity contribution in [2.24, 2.45) is 0 Å². The van der Waals surface area contributed by atoms with Crippen molar-refractivity contribution in [1.29, 1.82) is 0 Å². The number of amides is 1. The van der Waals surface area contributed by atoms with Gasteiger partial charge in [0.25, 0.3) is 5.91 Å². The lowest BCUT2D eigenvalue weighted by molar-refractivity contribution is -0.138. The molecule has 2 aromatic rings. The molecule has 0 radical (unpaired) electrons. The lowest BCUT2D eigenvalue weighted by Crippen LogP contribution is -2.26. The standard InChI is InChI=1S/C25H28F3N3O3/c1-4-5-22(19-8-10-20(11-9-19)24(34)29-14-12-23(32)33)30-17(2)6-7-18(3)31-15-13-21(16-31)25(26,27)28/h6-11,13,15-16,22,30H,2-5,12,14H2,1H3,(H,29,34)(H,32,33)/b7-6-. The molecule has 0 bridgehead atoms. The fraction of sp³-hybridized carbons (Fsp3) is 0.280. The highest BCUT2D eigenvalue weighted by Crippen LogP contribution is 2.30. The SMILES string of the molecule is C=C(/C=C\C(=C)n1ccc(C(F)(F)F)c1)NC(CCC)c1ccc(C(=O)NCCC(=O)O)cc1. The van der Waals surface area contributed by atoms with Gasteiger partial charge in [0.15, 0.2) is 0 Å². The molecule has 0 saturated carbocycles. The fourth-order valence-corrected chi connectivity index (χ4v) is 3.16. The molecule has 9 heteroatoms. The van der Waals surface area contributed by atoms with Crippen molar-refractivity contribution in [2.75, 3.05) is 6.54 Å². The molecule has 0 saturated heterocycles. The number of carbonyl (C=O) groups excluding carboxylic acids is 1. The second-order valence-corrected chi connectivity index (χ2v) is 7.66. The van der Waals surface area contributed by atoms with E-state index in [-0.39, 0.29) is 24.9 Å². The van der Waals surface area contributed by atoms with Crippen LogP contribution >= 0.6 is 0 Å². The van der Waals surface area contributed by atoms with Crippen molar-refractivity contribution < 1.29 is 27.9 Å². The molecule has 34 heavy (non-hydrogen) atoms. The van der Waals surface area contributed by atoms with Crippen molar-refractivity contribution in [3.8, 4) is 0 Å². The van der Waals surface area contributed by atoms with E-state index >= 15 is 0 Å². The number of carboxylic acids is 1. The minimum atomic E-state index is -4.41. The number of halogens is 3. The first kappa shape index (κ1) is 26.5. The number of nitrogens with zero attached hydrogens (tertiary/aromatic N) is 1. The number of hydrogen-bond donors (Lipinski definition) is 3. The Bertz CT molecular complexity index is 1050. The monoisotopic (exact) mass is 475 g/mol. The lowest BCUT2D eigenvalue weighted by Gasteiger charge is -2.20. The van der Waals surface area contributed by atoms with Gasteiger partial charge in [0.1, 0.15) is 0 Å². The predicted molar refractivity (Wildman–Crippen MR) is 125 cm³/mol. The molecular formula is C25H28F3N3O3. The number of benzene rings is 1. The van der Waals surface area contributed by atoms with E-state index in [1.165, 1.54) is 10.8 Å². The fourth-order valence-electron chi connectivity index (χ4n) is 3.16. The van der Waals surface area contributed by atoms with Crippen LogP contribution in [-0.4, -0.2) is 28.1 Å². The number of carbonyl (C=O) groups is 2. The topological polar surface area (TPSA) is 83.4 Å². The molecule has 6 nitrogen and oxygen atoms in total. The summed E-state index contributed by atoms with van der Waals surface area (Å²) in [7, 11) is 0. The van der Waals surface area contributed by atoms with E-state index in [4.69, 9.17) is 5.11 Å². The summed E-state index contributed by atoms with van der Waals surface area (Å²) in [6.45, 7) is 9.84. The third-order valence-corrected chi connectivity index (χ3v) is 4.97. The molecule has 3 N–H and O–H groups in total. The van der Waals surface area contributed by atoms with E-state index in [1.54, 1.807) is 24.3 Å². The summed E-state index contributed by atoms with van der Waals surface area (Å²) in [4.78, 5) is 22.7. The van der Waals surface area contributed by atoms with Crippen LogP contribution in [0.5, 0.6) is 0 Å². The molecule has 1 aromatic carbocycles. The number of allylic oxidation sites excluding steroid dienone is 3. The van der Waals surface area contributed by atoms with Gasteiger partial charge in [-0.05, 0) is 42.3 Å². The van der Waals surface area contributed by atoms with Crippen LogP contribution in [0.15, 0.2) is 73.7 Å². The molecule has 0 aliphatic rings. The summed E-state index contributed by atoms with van der Waals surface area (Å²) < 4.78 is 39.6. The summed E-state index contributed by atoms with van der Waals surface area (Å²) in [6, 6.07) is 7.85. The Kier molecular flexibility index (Phi) is 9.29. The van der Waals surface area contributed by atoms with Crippen LogP contribution in [0.25, 0.3) is 5.70 Å². The molecule has 0 spiro atoms. The van der Waals surface area contributed by atoms with Gasteiger partial charge in [-0.1, -0.05) is 38.6 Å². The Morgan fingerprint density at radius 2 is 1.82 bits per heavy atom. The first-order chi connectivity index (χ1) is 16.0. The van der Waals surface area contributed by atoms with Gasteiger partial charge in [-0.3, -0.25) is 9.59 Å². The van der Waals surface area contributed by atoms with Crippen LogP contribution in [0.2, 0.25) is 0 Å². The summed E-state index contributed by atoms with van der Waals surface area (Å²) in [5, 5.41) is 14.5. The van der Waals surface area contributed by atoms with E-state index in [0.29, 0.717) is 17.0 Å². The van der Waals surface area contributed by atoms with E-state index in [2.05, 4.69) is 23.8 Å². The quantitative estimate of drug-likeness (QED) is 0.360. The minimum absolute atomic E-state index is 0.0495. The number of rotatable bonds is 12. The first-order valence-corrected chi connectivity index (χ1v) is 10.7. The van der Waals surface area contributed by atoms with Crippen LogP contribution in [0.1, 0.15) is 53.7 Å². The summed E-state index contributed by atoms with van der Waals surface area (Å²) in [6.07, 6.45) is 2.58. The smallest absolute Gasteiger partial charge is 0.417 e. The molecule has 0 fully saturated rings. The van der Waals surface area contributed by atoms with Gasteiger partial charge in [-0.2, -0.15) is 13.2 Å². The molecule has 2 rings (SSSR count). The van der Waals surface area contributed by atoms with Crippen LogP contribution in [-0.2, 0) is 11.0 Å². The molecule has 1 atom stereocenters. The number of alkyl halides is 3. The first-order valence-electron chi connectivity index (χ1n) is 10.7.